The van der Waals surface area contributed by atoms with Crippen molar-refractivity contribution < 1.29 is 24.2 Å². The summed E-state index contributed by atoms with van der Waals surface area (Å²) in [5.41, 5.74) is 0.961. The summed E-state index contributed by atoms with van der Waals surface area (Å²) >= 11 is 3.81. The molecule has 3 aliphatic heterocycles. The molecule has 3 heterocycles. The number of alkyl halides is 1. The number of likely N-dealkylation sites (tertiary alicyclic amines) is 1. The molecule has 0 aliphatic carbocycles. The number of carbonyl (C=O) groups is 3. The molecule has 7 rings (SSSR count). The van der Waals surface area contributed by atoms with E-state index in [1.165, 1.54) is 4.90 Å². The molecular formula is C41H40BrN3O5. The molecular weight excluding hydrogens is 694 g/mol. The molecule has 0 saturated carbocycles. The molecule has 1 spiro atoms. The SMILES string of the molecule is C=CCN(Cc1ccccc1)C(=O)[C@H]1[C@H]2C(=O)N([C@H](CO)c3ccccc3)C(C(=O)N(CC=C)c3ccc4ccccc4c3)C23CC(Br)[C@@H]1O3. The highest BCUT2D eigenvalue weighted by Crippen LogP contribution is 2.61. The number of fused-ring (bicyclic) bond motifs is 2. The quantitative estimate of drug-likeness (QED) is 0.141. The van der Waals surface area contributed by atoms with E-state index in [1.54, 1.807) is 22.0 Å². The number of hydrogen-bond acceptors (Lipinski definition) is 5. The number of hydrogen-bond donors (Lipinski definition) is 1. The van der Waals surface area contributed by atoms with Crippen LogP contribution in [0.15, 0.2) is 128 Å². The molecule has 3 fully saturated rings. The van der Waals surface area contributed by atoms with E-state index in [2.05, 4.69) is 29.1 Å². The Kier molecular flexibility index (Phi) is 9.48. The van der Waals surface area contributed by atoms with E-state index in [9.17, 15) is 9.90 Å². The lowest BCUT2D eigenvalue weighted by Crippen LogP contribution is -2.57. The van der Waals surface area contributed by atoms with E-state index >= 15 is 9.59 Å². The summed E-state index contributed by atoms with van der Waals surface area (Å²) in [5, 5.41) is 12.9. The van der Waals surface area contributed by atoms with Gasteiger partial charge in [-0.1, -0.05) is 119 Å². The highest BCUT2D eigenvalue weighted by atomic mass is 79.9. The smallest absolute Gasteiger partial charge is 0.253 e. The number of aliphatic hydroxyl groups excluding tert-OH is 1. The van der Waals surface area contributed by atoms with Crippen LogP contribution in [-0.2, 0) is 25.7 Å². The van der Waals surface area contributed by atoms with Gasteiger partial charge in [-0.25, -0.2) is 0 Å². The molecule has 7 atom stereocenters. The largest absolute Gasteiger partial charge is 0.394 e. The molecule has 0 aromatic heterocycles. The zero-order chi connectivity index (χ0) is 35.0. The maximum atomic E-state index is 15.3. The molecule has 3 amide bonds. The number of carbonyl (C=O) groups excluding carboxylic acids is 3. The normalized spacial score (nSPS) is 25.7. The van der Waals surface area contributed by atoms with E-state index < -0.39 is 42.2 Å². The second-order valence-electron chi connectivity index (χ2n) is 13.3. The topological polar surface area (TPSA) is 90.4 Å². The fourth-order valence-electron chi connectivity index (χ4n) is 8.34. The minimum Gasteiger partial charge on any atom is -0.394 e. The van der Waals surface area contributed by atoms with Crippen LogP contribution in [0, 0.1) is 11.8 Å². The number of rotatable bonds is 12. The van der Waals surface area contributed by atoms with E-state index in [4.69, 9.17) is 4.74 Å². The van der Waals surface area contributed by atoms with Gasteiger partial charge in [0.1, 0.15) is 11.6 Å². The number of benzene rings is 4. The first-order valence-corrected chi connectivity index (χ1v) is 17.9. The van der Waals surface area contributed by atoms with Crippen LogP contribution in [0.3, 0.4) is 0 Å². The van der Waals surface area contributed by atoms with Crippen molar-refractivity contribution in [1.29, 1.82) is 0 Å². The van der Waals surface area contributed by atoms with Crippen LogP contribution in [0.5, 0.6) is 0 Å². The maximum absolute atomic E-state index is 15.3. The predicted molar refractivity (Wildman–Crippen MR) is 197 cm³/mol. The number of aliphatic hydroxyl groups is 1. The van der Waals surface area contributed by atoms with E-state index in [-0.39, 0.29) is 35.6 Å². The lowest BCUT2D eigenvalue weighted by Gasteiger charge is -2.39. The Labute approximate surface area is 300 Å². The second-order valence-corrected chi connectivity index (χ2v) is 14.5. The predicted octanol–water partition coefficient (Wildman–Crippen LogP) is 6.06. The number of nitrogens with zero attached hydrogens (tertiary/aromatic N) is 3. The van der Waals surface area contributed by atoms with Gasteiger partial charge >= 0.3 is 0 Å². The minimum atomic E-state index is -1.32. The Morgan fingerprint density at radius 1 is 0.920 bits per heavy atom. The van der Waals surface area contributed by atoms with Crippen LogP contribution in [0.2, 0.25) is 0 Å². The molecule has 4 aromatic rings. The van der Waals surface area contributed by atoms with Gasteiger partial charge in [-0.3, -0.25) is 14.4 Å². The number of amides is 3. The Balaban J connectivity index is 1.34. The van der Waals surface area contributed by atoms with Crippen molar-refractivity contribution in [2.45, 2.75) is 41.6 Å². The summed E-state index contributed by atoms with van der Waals surface area (Å²) < 4.78 is 6.87. The van der Waals surface area contributed by atoms with Crippen LogP contribution >= 0.6 is 15.9 Å². The first-order valence-electron chi connectivity index (χ1n) is 17.0. The number of anilines is 1. The molecule has 3 unspecified atom stereocenters. The molecule has 0 radical (unpaired) electrons. The van der Waals surface area contributed by atoms with E-state index in [1.807, 2.05) is 103 Å². The minimum absolute atomic E-state index is 0.180. The first-order chi connectivity index (χ1) is 24.3. The lowest BCUT2D eigenvalue weighted by atomic mass is 9.70. The molecule has 9 heteroatoms. The Morgan fingerprint density at radius 3 is 2.26 bits per heavy atom. The van der Waals surface area contributed by atoms with Crippen molar-refractivity contribution in [2.75, 3.05) is 24.6 Å². The van der Waals surface area contributed by atoms with Crippen molar-refractivity contribution >= 4 is 50.1 Å². The van der Waals surface area contributed by atoms with Crippen LogP contribution in [0.4, 0.5) is 5.69 Å². The Bertz CT molecular complexity index is 1920. The summed E-state index contributed by atoms with van der Waals surface area (Å²) in [6, 6.07) is 30.7. The van der Waals surface area contributed by atoms with Gasteiger partial charge < -0.3 is 24.5 Å². The fraction of sp³-hybridized carbons (Fsp3) is 0.293. The summed E-state index contributed by atoms with van der Waals surface area (Å²) in [6.07, 6.45) is 3.05. The van der Waals surface area contributed by atoms with Gasteiger partial charge in [0.05, 0.1) is 30.6 Å². The van der Waals surface area contributed by atoms with Crippen LogP contribution < -0.4 is 4.90 Å². The van der Waals surface area contributed by atoms with Gasteiger partial charge in [-0.15, -0.1) is 13.2 Å². The third-order valence-electron chi connectivity index (χ3n) is 10.4. The molecule has 4 aromatic carbocycles. The number of ether oxygens (including phenoxy) is 1. The van der Waals surface area contributed by atoms with Crippen molar-refractivity contribution in [3.8, 4) is 0 Å². The van der Waals surface area contributed by atoms with Gasteiger partial charge in [-0.2, -0.15) is 0 Å². The van der Waals surface area contributed by atoms with Gasteiger partial charge in [-0.05, 0) is 40.5 Å². The standard InChI is InChI=1S/C41H40BrN3O5/c1-3-21-43(25-27-13-7-5-8-14-27)38(47)34-35-39(48)45(33(26-46)29-16-9-6-10-17-29)37(41(35)24-32(42)36(34)50-41)40(49)44(22-4-2)31-20-19-28-15-11-12-18-30(28)23-31/h3-20,23,32-37,46H,1-2,21-22,24-26H2/t32?,33-,34+,35+,36+,37?,41?/m1/s1. The third kappa shape index (κ3) is 5.67. The zero-order valence-electron chi connectivity index (χ0n) is 27.7. The second kappa shape index (κ2) is 14.0. The average Bonchev–Trinajstić information content (AvgIpc) is 3.74. The van der Waals surface area contributed by atoms with Gasteiger partial charge in [0.2, 0.25) is 11.8 Å². The van der Waals surface area contributed by atoms with Crippen LogP contribution in [0.1, 0.15) is 23.6 Å². The molecule has 50 heavy (non-hydrogen) atoms. The highest BCUT2D eigenvalue weighted by Gasteiger charge is 2.77. The summed E-state index contributed by atoms with van der Waals surface area (Å²) in [5.74, 6) is -2.75. The Hall–Kier alpha value is -4.57. The van der Waals surface area contributed by atoms with E-state index in [0.717, 1.165) is 16.3 Å². The molecule has 8 nitrogen and oxygen atoms in total. The molecule has 2 bridgehead atoms. The average molecular weight is 735 g/mol. The van der Waals surface area contributed by atoms with E-state index in [0.29, 0.717) is 24.2 Å². The van der Waals surface area contributed by atoms with Gasteiger partial charge in [0.15, 0.2) is 0 Å². The maximum Gasteiger partial charge on any atom is 0.253 e. The molecule has 1 N–H and O–H groups in total. The number of halogens is 1. The summed E-state index contributed by atoms with van der Waals surface area (Å²) in [4.78, 5) is 49.6. The fourth-order valence-corrected chi connectivity index (χ4v) is 9.28. The van der Waals surface area contributed by atoms with Crippen molar-refractivity contribution in [1.82, 2.24) is 9.80 Å². The van der Waals surface area contributed by atoms with Crippen molar-refractivity contribution in [3.63, 3.8) is 0 Å². The summed E-state index contributed by atoms with van der Waals surface area (Å²) in [6.45, 7) is 8.22. The molecule has 3 aliphatic rings. The third-order valence-corrected chi connectivity index (χ3v) is 11.3. The van der Waals surface area contributed by atoms with Crippen molar-refractivity contribution in [2.24, 2.45) is 11.8 Å². The Morgan fingerprint density at radius 2 is 1.58 bits per heavy atom. The molecule has 3 saturated heterocycles. The van der Waals surface area contributed by atoms with Crippen molar-refractivity contribution in [3.05, 3.63) is 140 Å². The van der Waals surface area contributed by atoms with Crippen LogP contribution in [-0.4, -0.2) is 74.9 Å². The van der Waals surface area contributed by atoms with Crippen LogP contribution in [0.25, 0.3) is 10.8 Å². The zero-order valence-corrected chi connectivity index (χ0v) is 29.3. The summed E-state index contributed by atoms with van der Waals surface area (Å²) in [7, 11) is 0. The lowest BCUT2D eigenvalue weighted by molar-refractivity contribution is -0.147. The first kappa shape index (κ1) is 33.9. The van der Waals surface area contributed by atoms with Gasteiger partial charge in [0.25, 0.3) is 5.91 Å². The molecule has 256 valence electrons. The highest BCUT2D eigenvalue weighted by molar-refractivity contribution is 9.09. The van der Waals surface area contributed by atoms with Gasteiger partial charge in [0, 0.05) is 30.1 Å². The monoisotopic (exact) mass is 733 g/mol.